The summed E-state index contributed by atoms with van der Waals surface area (Å²) < 4.78 is 0. The van der Waals surface area contributed by atoms with E-state index in [0.29, 0.717) is 36.5 Å². The van der Waals surface area contributed by atoms with Crippen LogP contribution in [0.25, 0.3) is 0 Å². The average Bonchev–Trinajstić information content (AvgIpc) is 3.04. The fraction of sp³-hybridized carbons (Fsp3) is 0.750. The summed E-state index contributed by atoms with van der Waals surface area (Å²) in [5.41, 5.74) is -0.956. The Morgan fingerprint density at radius 2 is 2.04 bits per heavy atom. The van der Waals surface area contributed by atoms with Gasteiger partial charge in [0.25, 0.3) is 0 Å². The summed E-state index contributed by atoms with van der Waals surface area (Å²) in [4.78, 5) is 34.5. The van der Waals surface area contributed by atoms with E-state index in [0.717, 1.165) is 0 Å². The first-order valence-electron chi connectivity index (χ1n) is 8.53. The van der Waals surface area contributed by atoms with Gasteiger partial charge in [0.1, 0.15) is 6.10 Å². The molecule has 9 nitrogen and oxygen atoms in total. The lowest BCUT2D eigenvalue weighted by Crippen LogP contribution is -2.46. The molecule has 10 heteroatoms. The molecule has 26 heavy (non-hydrogen) atoms. The number of carbonyl (C=O) groups excluding carboxylic acids is 3. The molecule has 1 saturated heterocycles. The first kappa shape index (κ1) is 22.6. The molecule has 0 bridgehead atoms. The van der Waals surface area contributed by atoms with Gasteiger partial charge >= 0.3 is 0 Å². The van der Waals surface area contributed by atoms with Crippen molar-refractivity contribution in [3.05, 3.63) is 0 Å². The van der Waals surface area contributed by atoms with Gasteiger partial charge < -0.3 is 31.3 Å². The SMILES string of the molecule is CC(C)(CO)[C@@H](O)C(=O)NCCC(=O)NCC[SH]=C(O)C1CCC(=O)N1. The Balaban J connectivity index is 2.19. The van der Waals surface area contributed by atoms with Crippen molar-refractivity contribution in [3.63, 3.8) is 0 Å². The van der Waals surface area contributed by atoms with Crippen molar-refractivity contribution in [2.24, 2.45) is 5.41 Å². The molecule has 3 amide bonds. The molecule has 0 aromatic carbocycles. The third kappa shape index (κ3) is 7.40. The fourth-order valence-electron chi connectivity index (χ4n) is 2.21. The van der Waals surface area contributed by atoms with Crippen LogP contribution >= 0.6 is 11.4 Å². The van der Waals surface area contributed by atoms with Crippen LogP contribution in [0.3, 0.4) is 0 Å². The minimum Gasteiger partial charge on any atom is -0.396 e. The molecule has 1 aliphatic rings. The highest BCUT2D eigenvalue weighted by atomic mass is 32.1. The summed E-state index contributed by atoms with van der Waals surface area (Å²) in [5, 5.41) is 36.8. The van der Waals surface area contributed by atoms with Gasteiger partial charge in [-0.05, 0) is 6.42 Å². The normalized spacial score (nSPS) is 19.3. The Bertz CT molecular complexity index is 552. The van der Waals surface area contributed by atoms with Crippen molar-refractivity contribution in [1.82, 2.24) is 16.0 Å². The maximum absolute atomic E-state index is 11.7. The highest BCUT2D eigenvalue weighted by Crippen LogP contribution is 2.19. The summed E-state index contributed by atoms with van der Waals surface area (Å²) in [6.45, 7) is 3.22. The highest BCUT2D eigenvalue weighted by molar-refractivity contribution is 7.98. The van der Waals surface area contributed by atoms with Crippen molar-refractivity contribution in [1.29, 1.82) is 0 Å². The molecule has 0 spiro atoms. The molecule has 1 unspecified atom stereocenters. The third-order valence-electron chi connectivity index (χ3n) is 4.06. The number of hydrogen-bond acceptors (Lipinski definition) is 5. The van der Waals surface area contributed by atoms with Gasteiger partial charge in [-0.1, -0.05) is 13.8 Å². The number of carbonyl (C=O) groups is 3. The highest BCUT2D eigenvalue weighted by Gasteiger charge is 2.32. The largest absolute Gasteiger partial charge is 0.396 e. The molecule has 6 N–H and O–H groups in total. The van der Waals surface area contributed by atoms with Crippen LogP contribution in [0.2, 0.25) is 0 Å². The molecule has 0 aliphatic carbocycles. The van der Waals surface area contributed by atoms with Gasteiger partial charge in [-0.25, -0.2) is 0 Å². The molecule has 2 atom stereocenters. The van der Waals surface area contributed by atoms with E-state index >= 15 is 0 Å². The van der Waals surface area contributed by atoms with Crippen LogP contribution in [0.1, 0.15) is 33.1 Å². The van der Waals surface area contributed by atoms with E-state index in [1.54, 1.807) is 13.8 Å². The average molecular weight is 391 g/mol. The smallest absolute Gasteiger partial charge is 0.249 e. The van der Waals surface area contributed by atoms with Crippen LogP contribution in [0.5, 0.6) is 0 Å². The van der Waals surface area contributed by atoms with E-state index < -0.39 is 17.4 Å². The van der Waals surface area contributed by atoms with E-state index in [-0.39, 0.29) is 42.5 Å². The quantitative estimate of drug-likeness (QED) is 0.136. The van der Waals surface area contributed by atoms with Crippen LogP contribution in [0.15, 0.2) is 0 Å². The number of thiol groups is 1. The predicted octanol–water partition coefficient (Wildman–Crippen LogP) is -1.58. The molecule has 0 radical (unpaired) electrons. The molecule has 1 heterocycles. The molecule has 1 rings (SSSR count). The van der Waals surface area contributed by atoms with Crippen molar-refractivity contribution in [2.75, 3.05) is 25.4 Å². The van der Waals surface area contributed by atoms with E-state index in [1.165, 1.54) is 0 Å². The third-order valence-corrected chi connectivity index (χ3v) is 5.15. The van der Waals surface area contributed by atoms with Gasteiger partial charge in [-0.2, -0.15) is 11.4 Å². The van der Waals surface area contributed by atoms with Crippen molar-refractivity contribution < 1.29 is 29.7 Å². The van der Waals surface area contributed by atoms with E-state index in [2.05, 4.69) is 16.0 Å². The van der Waals surface area contributed by atoms with Crippen LogP contribution in [-0.2, 0) is 14.4 Å². The number of hydrogen-bond donors (Lipinski definition) is 7. The lowest BCUT2D eigenvalue weighted by Gasteiger charge is -2.27. The van der Waals surface area contributed by atoms with Crippen molar-refractivity contribution >= 4 is 34.1 Å². The second-order valence-electron chi connectivity index (χ2n) is 6.84. The maximum Gasteiger partial charge on any atom is 0.249 e. The van der Waals surface area contributed by atoms with Crippen molar-refractivity contribution in [2.45, 2.75) is 45.3 Å². The van der Waals surface area contributed by atoms with Gasteiger partial charge in [0.15, 0.2) is 0 Å². The Labute approximate surface area is 156 Å². The standard InChI is InChI=1S/C16H29N3O6S/c1-16(2,9-20)13(23)14(24)18-6-5-11(21)17-7-8-26-15(25)10-3-4-12(22)19-10/h10,13,20,23,25-26H,3-9H2,1-2H3,(H,17,21)(H,18,24)(H,19,22)/t10?,13-/m0/s1. The number of amides is 3. The van der Waals surface area contributed by atoms with E-state index in [9.17, 15) is 24.6 Å². The van der Waals surface area contributed by atoms with Gasteiger partial charge in [0.05, 0.1) is 17.7 Å². The summed E-state index contributed by atoms with van der Waals surface area (Å²) in [7, 11) is 0. The minimum atomic E-state index is -1.36. The lowest BCUT2D eigenvalue weighted by molar-refractivity contribution is -0.137. The van der Waals surface area contributed by atoms with Crippen molar-refractivity contribution in [3.8, 4) is 0 Å². The second kappa shape index (κ2) is 10.6. The van der Waals surface area contributed by atoms with Gasteiger partial charge in [-0.3, -0.25) is 14.4 Å². The minimum absolute atomic E-state index is 0.0588. The summed E-state index contributed by atoms with van der Waals surface area (Å²) >= 11 is 0.653. The van der Waals surface area contributed by atoms with Crippen LogP contribution in [-0.4, -0.2) is 75.7 Å². The van der Waals surface area contributed by atoms with Crippen LogP contribution < -0.4 is 16.0 Å². The first-order chi connectivity index (χ1) is 12.2. The summed E-state index contributed by atoms with van der Waals surface area (Å²) in [6.07, 6.45) is -0.299. The number of aliphatic hydroxyl groups excluding tert-OH is 3. The van der Waals surface area contributed by atoms with Gasteiger partial charge in [0.2, 0.25) is 17.7 Å². The Morgan fingerprint density at radius 3 is 2.62 bits per heavy atom. The topological polar surface area (TPSA) is 148 Å². The zero-order valence-corrected chi connectivity index (χ0v) is 16.0. The Hall–Kier alpha value is -1.49. The van der Waals surface area contributed by atoms with Crippen LogP contribution in [0.4, 0.5) is 0 Å². The monoisotopic (exact) mass is 391 g/mol. The zero-order chi connectivity index (χ0) is 19.7. The Morgan fingerprint density at radius 1 is 1.35 bits per heavy atom. The molecule has 0 aromatic rings. The molecule has 150 valence electrons. The molecule has 1 aliphatic heterocycles. The summed E-state index contributed by atoms with van der Waals surface area (Å²) in [5.74, 6) is -0.446. The Kier molecular flexibility index (Phi) is 9.20. The van der Waals surface area contributed by atoms with E-state index in [1.807, 2.05) is 0 Å². The second-order valence-corrected chi connectivity index (χ2v) is 8.06. The van der Waals surface area contributed by atoms with Crippen LogP contribution in [0, 0.1) is 5.41 Å². The number of aliphatic hydroxyl groups is 3. The lowest BCUT2D eigenvalue weighted by atomic mass is 9.87. The molecular formula is C16H29N3O6S. The number of rotatable bonds is 10. The first-order valence-corrected chi connectivity index (χ1v) is 9.61. The summed E-state index contributed by atoms with van der Waals surface area (Å²) in [6, 6.07) is -0.301. The zero-order valence-electron chi connectivity index (χ0n) is 15.1. The predicted molar refractivity (Wildman–Crippen MR) is 100 cm³/mol. The van der Waals surface area contributed by atoms with Gasteiger partial charge in [-0.15, -0.1) is 0 Å². The fourth-order valence-corrected chi connectivity index (χ4v) is 3.08. The van der Waals surface area contributed by atoms with Gasteiger partial charge in [0, 0.05) is 37.1 Å². The van der Waals surface area contributed by atoms with E-state index in [4.69, 9.17) is 5.11 Å². The molecular weight excluding hydrogens is 362 g/mol. The molecule has 0 saturated carbocycles. The maximum atomic E-state index is 11.7. The number of nitrogens with one attached hydrogen (secondary N) is 3. The molecule has 1 fully saturated rings. The molecule has 0 aromatic heterocycles.